The highest BCUT2D eigenvalue weighted by atomic mass is 19.4. The first-order valence-electron chi connectivity index (χ1n) is 10.7. The number of carbonyl (C=O) groups excluding carboxylic acids is 4. The molecule has 11 heteroatoms. The van der Waals surface area contributed by atoms with E-state index in [0.717, 1.165) is 0 Å². The monoisotopic (exact) mass is 472 g/mol. The molecule has 0 bridgehead atoms. The molecule has 176 valence electrons. The third-order valence-corrected chi connectivity index (χ3v) is 6.35. The van der Waals surface area contributed by atoms with Gasteiger partial charge in [-0.3, -0.25) is 24.6 Å². The highest BCUT2D eigenvalue weighted by Gasteiger charge is 2.50. The summed E-state index contributed by atoms with van der Waals surface area (Å²) in [4.78, 5) is 51.4. The van der Waals surface area contributed by atoms with Crippen LogP contribution in [0.2, 0.25) is 0 Å². The number of hydrogen-bond acceptors (Lipinski definition) is 4. The van der Waals surface area contributed by atoms with E-state index in [1.54, 1.807) is 18.2 Å². The first-order chi connectivity index (χ1) is 16.1. The van der Waals surface area contributed by atoms with Crippen LogP contribution in [0.1, 0.15) is 34.3 Å². The lowest BCUT2D eigenvalue weighted by Gasteiger charge is -2.29. The van der Waals surface area contributed by atoms with Gasteiger partial charge in [-0.15, -0.1) is 0 Å². The second-order valence-electron chi connectivity index (χ2n) is 8.46. The molecule has 2 aromatic carbocycles. The fourth-order valence-electron chi connectivity index (χ4n) is 4.73. The van der Waals surface area contributed by atoms with Crippen molar-refractivity contribution in [1.82, 2.24) is 10.2 Å². The first-order valence-corrected chi connectivity index (χ1v) is 10.7. The van der Waals surface area contributed by atoms with Gasteiger partial charge in [0.2, 0.25) is 11.8 Å². The molecule has 3 aliphatic rings. The predicted octanol–water partition coefficient (Wildman–Crippen LogP) is 2.97. The second kappa shape index (κ2) is 7.86. The number of piperidine rings is 1. The van der Waals surface area contributed by atoms with E-state index in [9.17, 15) is 32.3 Å². The summed E-state index contributed by atoms with van der Waals surface area (Å²) in [5.41, 5.74) is 1.72. The zero-order chi connectivity index (χ0) is 24.2. The molecule has 34 heavy (non-hydrogen) atoms. The van der Waals surface area contributed by atoms with Gasteiger partial charge >= 0.3 is 12.2 Å². The van der Waals surface area contributed by atoms with Gasteiger partial charge in [0.1, 0.15) is 12.1 Å². The predicted molar refractivity (Wildman–Crippen MR) is 114 cm³/mol. The van der Waals surface area contributed by atoms with Crippen molar-refractivity contribution in [3.8, 4) is 0 Å². The van der Waals surface area contributed by atoms with Gasteiger partial charge in [-0.2, -0.15) is 13.2 Å². The maximum absolute atomic E-state index is 13.7. The second-order valence-corrected chi connectivity index (χ2v) is 8.46. The molecule has 0 aromatic heterocycles. The van der Waals surface area contributed by atoms with Crippen LogP contribution in [0.25, 0.3) is 0 Å². The van der Waals surface area contributed by atoms with Crippen molar-refractivity contribution in [2.75, 3.05) is 10.2 Å². The molecule has 3 heterocycles. The zero-order valence-corrected chi connectivity index (χ0v) is 17.7. The number of urea groups is 1. The largest absolute Gasteiger partial charge is 0.409 e. The molecule has 0 radical (unpaired) electrons. The quantitative estimate of drug-likeness (QED) is 0.657. The number of carbonyl (C=O) groups is 4. The van der Waals surface area contributed by atoms with Crippen molar-refractivity contribution in [2.24, 2.45) is 0 Å². The van der Waals surface area contributed by atoms with Crippen molar-refractivity contribution in [2.45, 2.75) is 44.1 Å². The first kappa shape index (κ1) is 21.9. The minimum Gasteiger partial charge on any atom is -0.322 e. The van der Waals surface area contributed by atoms with E-state index in [0.29, 0.717) is 21.6 Å². The van der Waals surface area contributed by atoms with Crippen molar-refractivity contribution in [3.63, 3.8) is 0 Å². The molecular formula is C23H19F3N4O4. The summed E-state index contributed by atoms with van der Waals surface area (Å²) in [5, 5.41) is 4.73. The zero-order valence-electron chi connectivity index (χ0n) is 17.7. The molecule has 2 N–H and O–H groups in total. The number of hydrogen-bond donors (Lipinski definition) is 2. The molecule has 5 amide bonds. The Labute approximate surface area is 191 Å². The molecule has 0 aliphatic carbocycles. The number of alkyl halides is 3. The van der Waals surface area contributed by atoms with Gasteiger partial charge in [-0.05, 0) is 41.8 Å². The molecule has 3 aliphatic heterocycles. The molecule has 1 fully saturated rings. The van der Waals surface area contributed by atoms with Crippen LogP contribution in [-0.2, 0) is 22.6 Å². The molecule has 2 atom stereocenters. The number of anilines is 2. The Morgan fingerprint density at radius 3 is 2.56 bits per heavy atom. The maximum atomic E-state index is 13.7. The average molecular weight is 472 g/mol. The Morgan fingerprint density at radius 1 is 1.06 bits per heavy atom. The summed E-state index contributed by atoms with van der Waals surface area (Å²) in [6, 6.07) is 6.95. The summed E-state index contributed by atoms with van der Waals surface area (Å²) in [6.45, 7) is 0.0852. The third-order valence-electron chi connectivity index (χ3n) is 6.35. The molecule has 5 rings (SSSR count). The van der Waals surface area contributed by atoms with Gasteiger partial charge in [0, 0.05) is 36.3 Å². The minimum atomic E-state index is -4.61. The normalized spacial score (nSPS) is 21.9. The molecule has 8 nitrogen and oxygen atoms in total. The van der Waals surface area contributed by atoms with E-state index >= 15 is 0 Å². The number of nitrogens with zero attached hydrogens (tertiary/aromatic N) is 2. The lowest BCUT2D eigenvalue weighted by molar-refractivity contribution is -0.145. The van der Waals surface area contributed by atoms with Gasteiger partial charge < -0.3 is 10.2 Å². The van der Waals surface area contributed by atoms with E-state index in [2.05, 4.69) is 10.6 Å². The molecule has 0 unspecified atom stereocenters. The Hall–Kier alpha value is -3.89. The van der Waals surface area contributed by atoms with Gasteiger partial charge in [0.05, 0.1) is 0 Å². The standard InChI is InChI=1S/C23H19F3N4O4/c24-23(25,26)18-10-12-3-1-2-4-16(12)30(18)22(34)27-14-5-6-15-13(9-14)11-29(21(15)33)17-7-8-19(31)28-20(17)32/h1-6,9,17-18H,7-8,10-11H2,(H,27,34)(H,28,31,32)/t17-,18+/m1/s1. The fraction of sp³-hybridized carbons (Fsp3) is 0.304. The number of imide groups is 1. The van der Waals surface area contributed by atoms with Crippen molar-refractivity contribution in [3.05, 3.63) is 59.2 Å². The van der Waals surface area contributed by atoms with E-state index in [4.69, 9.17) is 0 Å². The molecular weight excluding hydrogens is 453 g/mol. The minimum absolute atomic E-state index is 0.0852. The van der Waals surface area contributed by atoms with E-state index < -0.39 is 36.1 Å². The van der Waals surface area contributed by atoms with Crippen LogP contribution in [0.15, 0.2) is 42.5 Å². The Morgan fingerprint density at radius 2 is 1.82 bits per heavy atom. The van der Waals surface area contributed by atoms with Crippen LogP contribution < -0.4 is 15.5 Å². The molecule has 0 saturated carbocycles. The van der Waals surface area contributed by atoms with Crippen LogP contribution in [0.5, 0.6) is 0 Å². The van der Waals surface area contributed by atoms with Gasteiger partial charge in [-0.25, -0.2) is 4.79 Å². The topological polar surface area (TPSA) is 98.8 Å². The lowest BCUT2D eigenvalue weighted by atomic mass is 10.0. The number of para-hydroxylation sites is 1. The Balaban J connectivity index is 1.36. The number of nitrogens with one attached hydrogen (secondary N) is 2. The van der Waals surface area contributed by atoms with Gasteiger partial charge in [-0.1, -0.05) is 18.2 Å². The number of fused-ring (bicyclic) bond motifs is 2. The fourth-order valence-corrected chi connectivity index (χ4v) is 4.73. The Bertz CT molecular complexity index is 1230. The number of rotatable bonds is 2. The van der Waals surface area contributed by atoms with E-state index in [1.807, 2.05) is 0 Å². The van der Waals surface area contributed by atoms with Crippen LogP contribution >= 0.6 is 0 Å². The molecule has 2 aromatic rings. The van der Waals surface area contributed by atoms with Crippen molar-refractivity contribution < 1.29 is 32.3 Å². The highest BCUT2D eigenvalue weighted by Crippen LogP contribution is 2.40. The maximum Gasteiger partial charge on any atom is 0.409 e. The highest BCUT2D eigenvalue weighted by molar-refractivity contribution is 6.07. The Kier molecular flexibility index (Phi) is 5.07. The van der Waals surface area contributed by atoms with Crippen LogP contribution in [-0.4, -0.2) is 46.9 Å². The molecule has 0 spiro atoms. The summed E-state index contributed by atoms with van der Waals surface area (Å²) in [7, 11) is 0. The van der Waals surface area contributed by atoms with Crippen LogP contribution in [0.4, 0.5) is 29.3 Å². The number of amides is 5. The van der Waals surface area contributed by atoms with Crippen molar-refractivity contribution >= 4 is 35.1 Å². The summed E-state index contributed by atoms with van der Waals surface area (Å²) in [6.07, 6.45) is -4.60. The summed E-state index contributed by atoms with van der Waals surface area (Å²) >= 11 is 0. The SMILES string of the molecule is O=C1CC[C@@H](N2Cc3cc(NC(=O)N4c5ccccc5C[C@H]4C(F)(F)F)ccc3C2=O)C(=O)N1. The van der Waals surface area contributed by atoms with Crippen molar-refractivity contribution in [1.29, 1.82) is 0 Å². The average Bonchev–Trinajstić information content (AvgIpc) is 3.32. The number of benzene rings is 2. The van der Waals surface area contributed by atoms with Gasteiger partial charge in [0.25, 0.3) is 5.91 Å². The third kappa shape index (κ3) is 3.66. The van der Waals surface area contributed by atoms with Crippen LogP contribution in [0.3, 0.4) is 0 Å². The molecule has 1 saturated heterocycles. The smallest absolute Gasteiger partial charge is 0.322 e. The van der Waals surface area contributed by atoms with E-state index in [1.165, 1.54) is 29.2 Å². The van der Waals surface area contributed by atoms with Crippen LogP contribution in [0, 0.1) is 0 Å². The lowest BCUT2D eigenvalue weighted by Crippen LogP contribution is -2.52. The summed E-state index contributed by atoms with van der Waals surface area (Å²) < 4.78 is 41.0. The van der Waals surface area contributed by atoms with Gasteiger partial charge in [0.15, 0.2) is 0 Å². The van der Waals surface area contributed by atoms with E-state index in [-0.39, 0.29) is 43.1 Å². The summed E-state index contributed by atoms with van der Waals surface area (Å²) in [5.74, 6) is -1.32. The number of halogens is 3.